The normalized spacial score (nSPS) is 13.4. The van der Waals surface area contributed by atoms with Crippen LogP contribution in [0.3, 0.4) is 0 Å². The largest absolute Gasteiger partial charge is 0.497 e. The van der Waals surface area contributed by atoms with Crippen LogP contribution < -0.4 is 15.8 Å². The molecule has 0 aliphatic heterocycles. The van der Waals surface area contributed by atoms with Gasteiger partial charge in [-0.1, -0.05) is 17.3 Å². The number of rotatable bonds is 6. The predicted octanol–water partition coefficient (Wildman–Crippen LogP) is 1.31. The molecule has 5 nitrogen and oxygen atoms in total. The summed E-state index contributed by atoms with van der Waals surface area (Å²) in [6, 6.07) is 8.00. The number of methoxy groups -OCH3 is 1. The maximum atomic E-state index is 8.46. The van der Waals surface area contributed by atoms with Crippen LogP contribution in [-0.4, -0.2) is 24.2 Å². The van der Waals surface area contributed by atoms with Crippen LogP contribution in [-0.2, 0) is 6.54 Å². The summed E-state index contributed by atoms with van der Waals surface area (Å²) in [4.78, 5) is 0. The molecule has 1 rings (SSSR count). The maximum Gasteiger partial charge on any atom is 0.140 e. The predicted molar refractivity (Wildman–Crippen MR) is 67.3 cm³/mol. The van der Waals surface area contributed by atoms with E-state index >= 15 is 0 Å². The molecule has 0 aromatic heterocycles. The first-order chi connectivity index (χ1) is 8.15. The van der Waals surface area contributed by atoms with Crippen molar-refractivity contribution in [1.29, 1.82) is 0 Å². The molecule has 0 aliphatic rings. The molecule has 0 spiro atoms. The average Bonchev–Trinajstić information content (AvgIpc) is 2.36. The van der Waals surface area contributed by atoms with Gasteiger partial charge in [-0.05, 0) is 24.6 Å². The Kier molecular flexibility index (Phi) is 5.29. The molecule has 0 saturated heterocycles. The number of hydrogen-bond acceptors (Lipinski definition) is 4. The summed E-state index contributed by atoms with van der Waals surface area (Å²) in [6.45, 7) is 2.70. The van der Waals surface area contributed by atoms with Crippen LogP contribution in [0, 0.1) is 0 Å². The molecule has 0 amide bonds. The molecule has 5 heteroatoms. The average molecular weight is 237 g/mol. The number of hydrogen-bond donors (Lipinski definition) is 3. The molecule has 17 heavy (non-hydrogen) atoms. The third kappa shape index (κ3) is 4.74. The van der Waals surface area contributed by atoms with Crippen molar-refractivity contribution in [1.82, 2.24) is 5.32 Å². The van der Waals surface area contributed by atoms with Crippen LogP contribution in [0.1, 0.15) is 18.9 Å². The van der Waals surface area contributed by atoms with Gasteiger partial charge in [0, 0.05) is 19.0 Å². The fraction of sp³-hybridized carbons (Fsp3) is 0.417. The molecule has 0 saturated carbocycles. The van der Waals surface area contributed by atoms with Gasteiger partial charge in [-0.3, -0.25) is 0 Å². The van der Waals surface area contributed by atoms with Gasteiger partial charge in [0.2, 0.25) is 0 Å². The lowest BCUT2D eigenvalue weighted by molar-refractivity contribution is 0.316. The summed E-state index contributed by atoms with van der Waals surface area (Å²) < 4.78 is 5.14. The number of benzene rings is 1. The van der Waals surface area contributed by atoms with E-state index in [1.807, 2.05) is 31.2 Å². The first-order valence-corrected chi connectivity index (χ1v) is 5.48. The van der Waals surface area contributed by atoms with Gasteiger partial charge in [0.15, 0.2) is 0 Å². The molecule has 0 bridgehead atoms. The summed E-state index contributed by atoms with van der Waals surface area (Å²) in [7, 11) is 1.65. The highest BCUT2D eigenvalue weighted by Gasteiger charge is 2.04. The number of ether oxygens (including phenoxy) is 1. The van der Waals surface area contributed by atoms with E-state index in [1.54, 1.807) is 7.11 Å². The van der Waals surface area contributed by atoms with Crippen molar-refractivity contribution in [3.05, 3.63) is 29.8 Å². The van der Waals surface area contributed by atoms with E-state index in [2.05, 4.69) is 10.5 Å². The molecule has 94 valence electrons. The van der Waals surface area contributed by atoms with Gasteiger partial charge in [0.05, 0.1) is 7.11 Å². The molecule has 1 unspecified atom stereocenters. The van der Waals surface area contributed by atoms with Crippen LogP contribution >= 0.6 is 0 Å². The zero-order chi connectivity index (χ0) is 12.7. The molecular weight excluding hydrogens is 218 g/mol. The second-order valence-corrected chi connectivity index (χ2v) is 3.93. The van der Waals surface area contributed by atoms with Crippen LogP contribution in [0.25, 0.3) is 0 Å². The van der Waals surface area contributed by atoms with Gasteiger partial charge >= 0.3 is 0 Å². The van der Waals surface area contributed by atoms with Crippen LogP contribution in [0.4, 0.5) is 0 Å². The number of nitrogens with two attached hydrogens (primary N) is 1. The summed E-state index contributed by atoms with van der Waals surface area (Å²) >= 11 is 0. The summed E-state index contributed by atoms with van der Waals surface area (Å²) in [5, 5.41) is 14.7. The molecular formula is C12H19N3O2. The van der Waals surface area contributed by atoms with Gasteiger partial charge < -0.3 is 21.0 Å². The fourth-order valence-electron chi connectivity index (χ4n) is 1.50. The molecule has 1 aromatic carbocycles. The third-order valence-corrected chi connectivity index (χ3v) is 2.43. The Hall–Kier alpha value is -1.75. The van der Waals surface area contributed by atoms with Gasteiger partial charge in [-0.2, -0.15) is 0 Å². The third-order valence-electron chi connectivity index (χ3n) is 2.43. The maximum absolute atomic E-state index is 8.46. The first kappa shape index (κ1) is 13.3. The monoisotopic (exact) mass is 237 g/mol. The second kappa shape index (κ2) is 6.75. The van der Waals surface area contributed by atoms with E-state index in [4.69, 9.17) is 15.7 Å². The van der Waals surface area contributed by atoms with Gasteiger partial charge in [0.1, 0.15) is 11.6 Å². The molecule has 0 fully saturated rings. The van der Waals surface area contributed by atoms with E-state index in [9.17, 15) is 0 Å². The van der Waals surface area contributed by atoms with E-state index in [0.29, 0.717) is 6.42 Å². The van der Waals surface area contributed by atoms with Crippen molar-refractivity contribution in [3.63, 3.8) is 0 Å². The zero-order valence-corrected chi connectivity index (χ0v) is 10.2. The van der Waals surface area contributed by atoms with E-state index in [0.717, 1.165) is 17.9 Å². The molecule has 0 aliphatic carbocycles. The van der Waals surface area contributed by atoms with Gasteiger partial charge in [0.25, 0.3) is 0 Å². The number of nitrogens with zero attached hydrogens (tertiary/aromatic N) is 1. The van der Waals surface area contributed by atoms with Gasteiger partial charge in [-0.15, -0.1) is 0 Å². The SMILES string of the molecule is COc1cccc(CNC(C)CC(N)=NO)c1. The van der Waals surface area contributed by atoms with Crippen molar-refractivity contribution in [2.75, 3.05) is 7.11 Å². The van der Waals surface area contributed by atoms with E-state index in [-0.39, 0.29) is 11.9 Å². The molecule has 0 radical (unpaired) electrons. The Morgan fingerprint density at radius 3 is 3.00 bits per heavy atom. The number of oxime groups is 1. The number of amidine groups is 1. The number of nitrogens with one attached hydrogen (secondary N) is 1. The standard InChI is InChI=1S/C12H19N3O2/c1-9(6-12(13)15-16)14-8-10-4-3-5-11(7-10)17-2/h3-5,7,9,14,16H,6,8H2,1-2H3,(H2,13,15). The second-order valence-electron chi connectivity index (χ2n) is 3.93. The summed E-state index contributed by atoms with van der Waals surface area (Å²) in [6.07, 6.45) is 0.514. The molecule has 1 aromatic rings. The Morgan fingerprint density at radius 2 is 2.35 bits per heavy atom. The Balaban J connectivity index is 2.44. The smallest absolute Gasteiger partial charge is 0.140 e. The van der Waals surface area contributed by atoms with E-state index < -0.39 is 0 Å². The van der Waals surface area contributed by atoms with Crippen molar-refractivity contribution in [2.24, 2.45) is 10.9 Å². The zero-order valence-electron chi connectivity index (χ0n) is 10.2. The highest BCUT2D eigenvalue weighted by molar-refractivity contribution is 5.80. The minimum Gasteiger partial charge on any atom is -0.497 e. The Morgan fingerprint density at radius 1 is 1.59 bits per heavy atom. The fourth-order valence-corrected chi connectivity index (χ4v) is 1.50. The van der Waals surface area contributed by atoms with Crippen LogP contribution in [0.5, 0.6) is 5.75 Å². The quantitative estimate of drug-likeness (QED) is 0.301. The summed E-state index contributed by atoms with van der Waals surface area (Å²) in [5.74, 6) is 1.07. The minimum atomic E-state index is 0.150. The topological polar surface area (TPSA) is 79.9 Å². The highest BCUT2D eigenvalue weighted by atomic mass is 16.5. The highest BCUT2D eigenvalue weighted by Crippen LogP contribution is 2.12. The summed E-state index contributed by atoms with van der Waals surface area (Å²) in [5.41, 5.74) is 6.56. The van der Waals surface area contributed by atoms with Crippen molar-refractivity contribution in [3.8, 4) is 5.75 Å². The van der Waals surface area contributed by atoms with Gasteiger partial charge in [-0.25, -0.2) is 0 Å². The lowest BCUT2D eigenvalue weighted by atomic mass is 10.2. The van der Waals surface area contributed by atoms with Crippen molar-refractivity contribution < 1.29 is 9.94 Å². The Bertz CT molecular complexity index is 380. The lowest BCUT2D eigenvalue weighted by Gasteiger charge is -2.13. The lowest BCUT2D eigenvalue weighted by Crippen LogP contribution is -2.30. The van der Waals surface area contributed by atoms with Crippen molar-refractivity contribution >= 4 is 5.84 Å². The molecule has 4 N–H and O–H groups in total. The molecule has 1 atom stereocenters. The van der Waals surface area contributed by atoms with E-state index in [1.165, 1.54) is 0 Å². The molecule has 0 heterocycles. The first-order valence-electron chi connectivity index (χ1n) is 5.48. The van der Waals surface area contributed by atoms with Crippen molar-refractivity contribution in [2.45, 2.75) is 25.9 Å². The minimum absolute atomic E-state index is 0.150. The van der Waals surface area contributed by atoms with Crippen LogP contribution in [0.2, 0.25) is 0 Å². The Labute approximate surface area is 101 Å². The van der Waals surface area contributed by atoms with Crippen LogP contribution in [0.15, 0.2) is 29.4 Å².